The third-order valence-electron chi connectivity index (χ3n) is 2.55. The maximum absolute atomic E-state index is 10.1. The number of benzene rings is 1. The molecule has 1 aromatic carbocycles. The van der Waals surface area contributed by atoms with Crippen molar-refractivity contribution in [3.05, 3.63) is 23.3 Å². The first kappa shape index (κ1) is 13.3. The van der Waals surface area contributed by atoms with Crippen molar-refractivity contribution in [3.8, 4) is 11.5 Å². The molecular formula is C13H17NO3. The van der Waals surface area contributed by atoms with Gasteiger partial charge >= 0.3 is 0 Å². The highest BCUT2D eigenvalue weighted by Crippen LogP contribution is 2.36. The van der Waals surface area contributed by atoms with Gasteiger partial charge in [0.1, 0.15) is 0 Å². The van der Waals surface area contributed by atoms with Crippen molar-refractivity contribution in [1.29, 1.82) is 0 Å². The van der Waals surface area contributed by atoms with E-state index in [9.17, 15) is 9.90 Å². The van der Waals surface area contributed by atoms with Crippen molar-refractivity contribution in [2.24, 2.45) is 4.99 Å². The molecule has 0 unspecified atom stereocenters. The summed E-state index contributed by atoms with van der Waals surface area (Å²) in [5.41, 5.74) is 1.52. The topological polar surface area (TPSA) is 58.9 Å². The smallest absolute Gasteiger partial charge is 0.235 e. The Labute approximate surface area is 101 Å². The number of nitrogens with zero attached hydrogens (tertiary/aromatic N) is 1. The number of phenolic OH excluding ortho intramolecular Hbond substituents is 1. The number of hydrogen-bond acceptors (Lipinski definition) is 4. The molecule has 0 heterocycles. The molecule has 0 aromatic heterocycles. The van der Waals surface area contributed by atoms with Crippen LogP contribution < -0.4 is 4.74 Å². The minimum Gasteiger partial charge on any atom is -0.504 e. The average molecular weight is 235 g/mol. The number of aliphatic imine (C=N–C) groups is 1. The molecule has 0 aliphatic carbocycles. The van der Waals surface area contributed by atoms with Crippen LogP contribution in [-0.4, -0.2) is 18.3 Å². The number of phenols is 1. The van der Waals surface area contributed by atoms with E-state index in [0.29, 0.717) is 11.3 Å². The van der Waals surface area contributed by atoms with Gasteiger partial charge in [0.15, 0.2) is 11.5 Å². The summed E-state index contributed by atoms with van der Waals surface area (Å²) in [5, 5.41) is 9.89. The van der Waals surface area contributed by atoms with Gasteiger partial charge in [-0.25, -0.2) is 9.79 Å². The standard InChI is InChI=1S/C13H17NO3/c1-13(2,3)10-5-9(7-14-8-15)12(16)11(6-10)17-4/h5-6,16H,7H2,1-4H3. The fourth-order valence-corrected chi connectivity index (χ4v) is 1.49. The van der Waals surface area contributed by atoms with Gasteiger partial charge in [0.25, 0.3) is 0 Å². The molecule has 0 saturated heterocycles. The number of hydrogen-bond donors (Lipinski definition) is 1. The molecule has 1 N–H and O–H groups in total. The highest BCUT2D eigenvalue weighted by molar-refractivity contribution is 5.50. The van der Waals surface area contributed by atoms with Crippen molar-refractivity contribution in [2.45, 2.75) is 32.7 Å². The molecule has 0 bridgehead atoms. The van der Waals surface area contributed by atoms with E-state index in [2.05, 4.69) is 25.8 Å². The zero-order valence-electron chi connectivity index (χ0n) is 10.6. The lowest BCUT2D eigenvalue weighted by Crippen LogP contribution is -2.11. The van der Waals surface area contributed by atoms with Gasteiger partial charge in [-0.3, -0.25) is 0 Å². The molecule has 0 radical (unpaired) electrons. The van der Waals surface area contributed by atoms with Crippen LogP contribution in [0.1, 0.15) is 31.9 Å². The van der Waals surface area contributed by atoms with Crippen LogP contribution in [-0.2, 0) is 16.8 Å². The van der Waals surface area contributed by atoms with Gasteiger partial charge in [-0.05, 0) is 23.1 Å². The van der Waals surface area contributed by atoms with E-state index >= 15 is 0 Å². The summed E-state index contributed by atoms with van der Waals surface area (Å²) in [6, 6.07) is 3.63. The maximum atomic E-state index is 10.1. The van der Waals surface area contributed by atoms with Gasteiger partial charge in [-0.15, -0.1) is 0 Å². The van der Waals surface area contributed by atoms with Crippen LogP contribution >= 0.6 is 0 Å². The summed E-state index contributed by atoms with van der Waals surface area (Å²) in [7, 11) is 1.49. The van der Waals surface area contributed by atoms with Gasteiger partial charge in [-0.1, -0.05) is 20.8 Å². The molecule has 0 atom stereocenters. The zero-order valence-corrected chi connectivity index (χ0v) is 10.6. The summed E-state index contributed by atoms with van der Waals surface area (Å²) in [6.45, 7) is 6.29. The van der Waals surface area contributed by atoms with Crippen LogP contribution in [0.3, 0.4) is 0 Å². The molecule has 0 saturated carbocycles. The van der Waals surface area contributed by atoms with Gasteiger partial charge in [0, 0.05) is 5.56 Å². The van der Waals surface area contributed by atoms with E-state index in [1.54, 1.807) is 6.07 Å². The number of isocyanates is 1. The predicted octanol–water partition coefficient (Wildman–Crippen LogP) is 2.53. The monoisotopic (exact) mass is 235 g/mol. The lowest BCUT2D eigenvalue weighted by molar-refractivity contribution is 0.369. The van der Waals surface area contributed by atoms with E-state index in [1.165, 1.54) is 13.2 Å². The Morgan fingerprint density at radius 1 is 1.41 bits per heavy atom. The average Bonchev–Trinajstić information content (AvgIpc) is 2.26. The van der Waals surface area contributed by atoms with Gasteiger partial charge in [-0.2, -0.15) is 0 Å². The van der Waals surface area contributed by atoms with E-state index in [-0.39, 0.29) is 17.7 Å². The molecule has 0 fully saturated rings. The molecule has 0 aliphatic rings. The number of ether oxygens (including phenoxy) is 1. The fourth-order valence-electron chi connectivity index (χ4n) is 1.49. The molecule has 0 amide bonds. The van der Waals surface area contributed by atoms with Crippen molar-refractivity contribution < 1.29 is 14.6 Å². The highest BCUT2D eigenvalue weighted by atomic mass is 16.5. The Morgan fingerprint density at radius 2 is 2.06 bits per heavy atom. The normalized spacial score (nSPS) is 10.8. The Bertz CT molecular complexity index is 454. The van der Waals surface area contributed by atoms with Crippen LogP contribution in [0.25, 0.3) is 0 Å². The Hall–Kier alpha value is -1.80. The number of rotatable bonds is 3. The fraction of sp³-hybridized carbons (Fsp3) is 0.462. The molecule has 17 heavy (non-hydrogen) atoms. The summed E-state index contributed by atoms with van der Waals surface area (Å²) in [6.07, 6.45) is 1.46. The van der Waals surface area contributed by atoms with E-state index in [1.807, 2.05) is 6.07 Å². The van der Waals surface area contributed by atoms with Crippen molar-refractivity contribution in [3.63, 3.8) is 0 Å². The van der Waals surface area contributed by atoms with Gasteiger partial charge in [0.2, 0.25) is 6.08 Å². The first-order valence-electron chi connectivity index (χ1n) is 5.34. The van der Waals surface area contributed by atoms with Gasteiger partial charge in [0.05, 0.1) is 13.7 Å². The molecular weight excluding hydrogens is 218 g/mol. The summed E-state index contributed by atoms with van der Waals surface area (Å²) < 4.78 is 5.11. The van der Waals surface area contributed by atoms with Crippen LogP contribution in [0.5, 0.6) is 11.5 Å². The quantitative estimate of drug-likeness (QED) is 0.647. The first-order valence-corrected chi connectivity index (χ1v) is 5.34. The van der Waals surface area contributed by atoms with Crippen LogP contribution in [0, 0.1) is 0 Å². The number of carbonyl (C=O) groups excluding carboxylic acids is 1. The van der Waals surface area contributed by atoms with Crippen molar-refractivity contribution >= 4 is 6.08 Å². The highest BCUT2D eigenvalue weighted by Gasteiger charge is 2.18. The SMILES string of the molecule is COc1cc(C(C)(C)C)cc(CN=C=O)c1O. The Balaban J connectivity index is 3.33. The molecule has 92 valence electrons. The molecule has 1 aromatic rings. The third-order valence-corrected chi connectivity index (χ3v) is 2.55. The van der Waals surface area contributed by atoms with Crippen LogP contribution in [0.4, 0.5) is 0 Å². The van der Waals surface area contributed by atoms with Crippen LogP contribution in [0.15, 0.2) is 17.1 Å². The first-order chi connectivity index (χ1) is 7.90. The number of methoxy groups -OCH3 is 1. The minimum atomic E-state index is -0.0688. The molecule has 4 nitrogen and oxygen atoms in total. The van der Waals surface area contributed by atoms with E-state index < -0.39 is 0 Å². The largest absolute Gasteiger partial charge is 0.504 e. The second-order valence-electron chi connectivity index (χ2n) is 4.84. The molecule has 0 spiro atoms. The van der Waals surface area contributed by atoms with E-state index in [4.69, 9.17) is 4.74 Å². The van der Waals surface area contributed by atoms with Crippen molar-refractivity contribution in [2.75, 3.05) is 7.11 Å². The summed E-state index contributed by atoms with van der Waals surface area (Å²) in [4.78, 5) is 13.6. The van der Waals surface area contributed by atoms with Crippen molar-refractivity contribution in [1.82, 2.24) is 0 Å². The Kier molecular flexibility index (Phi) is 3.92. The maximum Gasteiger partial charge on any atom is 0.235 e. The molecule has 0 aliphatic heterocycles. The Morgan fingerprint density at radius 3 is 2.53 bits per heavy atom. The molecule has 1 rings (SSSR count). The summed E-state index contributed by atoms with van der Waals surface area (Å²) >= 11 is 0. The summed E-state index contributed by atoms with van der Waals surface area (Å²) in [5.74, 6) is 0.424. The second kappa shape index (κ2) is 5.02. The third kappa shape index (κ3) is 3.08. The van der Waals surface area contributed by atoms with Gasteiger partial charge < -0.3 is 9.84 Å². The van der Waals surface area contributed by atoms with E-state index in [0.717, 1.165) is 5.56 Å². The second-order valence-corrected chi connectivity index (χ2v) is 4.84. The molecule has 4 heteroatoms. The minimum absolute atomic E-state index is 0.0273. The lowest BCUT2D eigenvalue weighted by Gasteiger charge is -2.21. The predicted molar refractivity (Wildman–Crippen MR) is 65.2 cm³/mol. The zero-order chi connectivity index (χ0) is 13.1. The number of aromatic hydroxyl groups is 1. The lowest BCUT2D eigenvalue weighted by atomic mass is 9.85. The van der Waals surface area contributed by atoms with Crippen LogP contribution in [0.2, 0.25) is 0 Å².